The van der Waals surface area contributed by atoms with Crippen LogP contribution in [0.5, 0.6) is 0 Å². The van der Waals surface area contributed by atoms with E-state index in [1.54, 1.807) is 9.80 Å². The van der Waals surface area contributed by atoms with Crippen molar-refractivity contribution in [1.29, 1.82) is 0 Å². The monoisotopic (exact) mass is 378 g/mol. The molecule has 0 aromatic carbocycles. The van der Waals surface area contributed by atoms with Gasteiger partial charge in [-0.05, 0) is 0 Å². The largest absolute Gasteiger partial charge is 0.480 e. The summed E-state index contributed by atoms with van der Waals surface area (Å²) >= 11 is 0. The predicted octanol–water partition coefficient (Wildman–Crippen LogP) is -1.57. The molecule has 0 radical (unpaired) electrons. The van der Waals surface area contributed by atoms with E-state index in [-0.39, 0.29) is 19.8 Å². The molecule has 1 heterocycles. The zero-order valence-corrected chi connectivity index (χ0v) is 15.0. The van der Waals surface area contributed by atoms with Gasteiger partial charge in [-0.2, -0.15) is 0 Å². The second-order valence-electron chi connectivity index (χ2n) is 6.16. The van der Waals surface area contributed by atoms with Gasteiger partial charge in [-0.25, -0.2) is 9.78 Å². The van der Waals surface area contributed by atoms with Gasteiger partial charge in [-0.15, -0.1) is 0 Å². The second kappa shape index (κ2) is 13.8. The van der Waals surface area contributed by atoms with Crippen LogP contribution in [0.25, 0.3) is 0 Å². The van der Waals surface area contributed by atoms with Crippen LogP contribution in [0.3, 0.4) is 0 Å². The van der Waals surface area contributed by atoms with Crippen molar-refractivity contribution in [3.05, 3.63) is 0 Å². The molecule has 0 atom stereocenters. The molecule has 0 saturated carbocycles. The summed E-state index contributed by atoms with van der Waals surface area (Å²) in [5, 5.41) is 26.2. The summed E-state index contributed by atoms with van der Waals surface area (Å²) in [6.07, 6.45) is 0.774. The van der Waals surface area contributed by atoms with Crippen molar-refractivity contribution in [1.82, 2.24) is 19.6 Å². The van der Waals surface area contributed by atoms with Gasteiger partial charge in [0.1, 0.15) is 0 Å². The Kier molecular flexibility index (Phi) is 12.1. The van der Waals surface area contributed by atoms with Gasteiger partial charge in [0.15, 0.2) is 0 Å². The highest BCUT2D eigenvalue weighted by atomic mass is 17.1. The van der Waals surface area contributed by atoms with Crippen LogP contribution in [0, 0.1) is 0 Å². The fourth-order valence-electron chi connectivity index (χ4n) is 2.79. The van der Waals surface area contributed by atoms with Crippen molar-refractivity contribution in [2.75, 3.05) is 85.2 Å². The van der Waals surface area contributed by atoms with E-state index in [2.05, 4.69) is 19.6 Å². The topological polar surface area (TPSA) is 126 Å². The second-order valence-corrected chi connectivity index (χ2v) is 6.16. The van der Waals surface area contributed by atoms with Gasteiger partial charge < -0.3 is 10.0 Å². The van der Waals surface area contributed by atoms with Crippen molar-refractivity contribution < 1.29 is 35.0 Å². The number of rotatable bonds is 9. The number of carboxylic acid groups (broad SMARTS) is 1. The van der Waals surface area contributed by atoms with Crippen LogP contribution in [-0.4, -0.2) is 133 Å². The molecule has 11 nitrogen and oxygen atoms in total. The van der Waals surface area contributed by atoms with Crippen molar-refractivity contribution in [3.8, 4) is 0 Å². The Morgan fingerprint density at radius 3 is 1.65 bits per heavy atom. The number of hydrogen-bond donors (Lipinski definition) is 3. The Labute approximate surface area is 153 Å². The zero-order chi connectivity index (χ0) is 19.2. The van der Waals surface area contributed by atoms with E-state index in [0.717, 1.165) is 6.41 Å². The van der Waals surface area contributed by atoms with Crippen LogP contribution in [0.2, 0.25) is 0 Å². The third-order valence-corrected chi connectivity index (χ3v) is 4.38. The molecular weight excluding hydrogens is 348 g/mol. The van der Waals surface area contributed by atoms with E-state index >= 15 is 0 Å². The van der Waals surface area contributed by atoms with E-state index in [9.17, 15) is 9.59 Å². The van der Waals surface area contributed by atoms with Crippen LogP contribution in [-0.2, 0) is 19.4 Å². The van der Waals surface area contributed by atoms with Crippen LogP contribution in [0.4, 0.5) is 0 Å². The molecule has 0 aromatic rings. The number of nitrogens with zero attached hydrogens (tertiary/aromatic N) is 4. The summed E-state index contributed by atoms with van der Waals surface area (Å²) in [6.45, 7) is 5.84. The van der Waals surface area contributed by atoms with Gasteiger partial charge in [0, 0.05) is 65.4 Å². The molecular formula is C15H30N4O7. The van der Waals surface area contributed by atoms with E-state index in [4.69, 9.17) is 15.6 Å². The highest BCUT2D eigenvalue weighted by molar-refractivity contribution is 5.69. The molecule has 0 spiro atoms. The molecule has 1 saturated heterocycles. The summed E-state index contributed by atoms with van der Waals surface area (Å²) in [4.78, 5) is 38.2. The van der Waals surface area contributed by atoms with Gasteiger partial charge in [0.25, 0.3) is 0 Å². The van der Waals surface area contributed by atoms with E-state index in [1.165, 1.54) is 0 Å². The number of hydrogen-bond acceptors (Lipinski definition) is 9. The minimum Gasteiger partial charge on any atom is -0.480 e. The molecule has 0 aromatic heterocycles. The lowest BCUT2D eigenvalue weighted by atomic mass is 10.3. The summed E-state index contributed by atoms with van der Waals surface area (Å²) in [5.74, 6) is -0.907. The molecule has 0 unspecified atom stereocenters. The molecule has 1 amide bonds. The normalized spacial score (nSPS) is 19.7. The summed E-state index contributed by atoms with van der Waals surface area (Å²) in [6, 6.07) is 0. The highest BCUT2D eigenvalue weighted by Crippen LogP contribution is 2.00. The lowest BCUT2D eigenvalue weighted by Crippen LogP contribution is -2.47. The maximum atomic E-state index is 11.3. The van der Waals surface area contributed by atoms with Crippen LogP contribution >= 0.6 is 0 Å². The number of aliphatic carboxylic acids is 1. The minimum absolute atomic E-state index is 0.0863. The highest BCUT2D eigenvalue weighted by Gasteiger charge is 2.17. The molecule has 1 fully saturated rings. The third kappa shape index (κ3) is 9.97. The Morgan fingerprint density at radius 1 is 0.808 bits per heavy atom. The Morgan fingerprint density at radius 2 is 1.23 bits per heavy atom. The lowest BCUT2D eigenvalue weighted by molar-refractivity contribution is -0.245. The minimum atomic E-state index is -0.907. The molecule has 0 aliphatic carbocycles. The quantitative estimate of drug-likeness (QED) is 0.246. The molecule has 11 heteroatoms. The van der Waals surface area contributed by atoms with Crippen LogP contribution < -0.4 is 0 Å². The predicted molar refractivity (Wildman–Crippen MR) is 91.8 cm³/mol. The standard InChI is InChI=1S/C15H30N4O7/c20-14-19-7-4-17(10-12-26-24)2-1-16(9-11-25-23)3-5-18(6-8-19)13-15(21)22/h14,23-24H,1-13H2,(H,21,22). The number of amides is 1. The third-order valence-electron chi connectivity index (χ3n) is 4.38. The Hall–Kier alpha value is -1.34. The van der Waals surface area contributed by atoms with E-state index < -0.39 is 5.97 Å². The fourth-order valence-corrected chi connectivity index (χ4v) is 2.79. The smallest absolute Gasteiger partial charge is 0.317 e. The first kappa shape index (κ1) is 22.7. The van der Waals surface area contributed by atoms with Crippen molar-refractivity contribution >= 4 is 12.4 Å². The van der Waals surface area contributed by atoms with Crippen molar-refractivity contribution in [3.63, 3.8) is 0 Å². The summed E-state index contributed by atoms with van der Waals surface area (Å²) in [5.41, 5.74) is 0. The van der Waals surface area contributed by atoms with Crippen molar-refractivity contribution in [2.45, 2.75) is 0 Å². The Balaban J connectivity index is 2.74. The van der Waals surface area contributed by atoms with Gasteiger partial charge >= 0.3 is 5.97 Å². The Bertz CT molecular complexity index is 402. The van der Waals surface area contributed by atoms with Crippen LogP contribution in [0.1, 0.15) is 0 Å². The summed E-state index contributed by atoms with van der Waals surface area (Å²) < 4.78 is 0. The first-order valence-electron chi connectivity index (χ1n) is 8.70. The number of carbonyl (C=O) groups is 2. The molecule has 1 rings (SSSR count). The molecule has 1 aliphatic rings. The average molecular weight is 378 g/mol. The maximum absolute atomic E-state index is 11.3. The zero-order valence-electron chi connectivity index (χ0n) is 15.0. The van der Waals surface area contributed by atoms with Gasteiger partial charge in [0.05, 0.1) is 19.8 Å². The lowest BCUT2D eigenvalue weighted by Gasteiger charge is -2.32. The number of carbonyl (C=O) groups excluding carboxylic acids is 1. The molecule has 152 valence electrons. The average Bonchev–Trinajstić information content (AvgIpc) is 2.62. The SMILES string of the molecule is O=CN1CCN(CCOO)CCN(CCOO)CCN(CC(=O)O)CC1. The van der Waals surface area contributed by atoms with Crippen molar-refractivity contribution in [2.24, 2.45) is 0 Å². The number of carboxylic acids is 1. The van der Waals surface area contributed by atoms with E-state index in [0.29, 0.717) is 65.4 Å². The first-order valence-corrected chi connectivity index (χ1v) is 8.70. The molecule has 1 aliphatic heterocycles. The van der Waals surface area contributed by atoms with Gasteiger partial charge in [0.2, 0.25) is 6.41 Å². The van der Waals surface area contributed by atoms with Gasteiger partial charge in [-0.1, -0.05) is 0 Å². The first-order chi connectivity index (χ1) is 12.6. The van der Waals surface area contributed by atoms with E-state index in [1.807, 2.05) is 0 Å². The fraction of sp³-hybridized carbons (Fsp3) is 0.867. The molecule has 0 bridgehead atoms. The maximum Gasteiger partial charge on any atom is 0.317 e. The van der Waals surface area contributed by atoms with Gasteiger partial charge in [-0.3, -0.25) is 34.8 Å². The molecule has 3 N–H and O–H groups in total. The van der Waals surface area contributed by atoms with Crippen LogP contribution in [0.15, 0.2) is 0 Å². The summed E-state index contributed by atoms with van der Waals surface area (Å²) in [7, 11) is 0. The molecule has 26 heavy (non-hydrogen) atoms.